The predicted octanol–water partition coefficient (Wildman–Crippen LogP) is 5.32. The molecular formula is C18H30O2. The Hall–Kier alpha value is -1.18. The monoisotopic (exact) mass is 278 g/mol. The molecule has 1 aromatic carbocycles. The molecule has 0 N–H and O–H groups in total. The van der Waals surface area contributed by atoms with Gasteiger partial charge < -0.3 is 9.47 Å². The summed E-state index contributed by atoms with van der Waals surface area (Å²) in [6, 6.07) is 7.96. The molecule has 0 bridgehead atoms. The van der Waals surface area contributed by atoms with Crippen LogP contribution in [0.5, 0.6) is 11.5 Å². The van der Waals surface area contributed by atoms with Gasteiger partial charge in [-0.1, -0.05) is 53.7 Å². The molecule has 0 aliphatic heterocycles. The summed E-state index contributed by atoms with van der Waals surface area (Å²) in [6.45, 7) is 14.7. The third-order valence-electron chi connectivity index (χ3n) is 4.00. The van der Waals surface area contributed by atoms with Gasteiger partial charge >= 0.3 is 0 Å². The fourth-order valence-corrected chi connectivity index (χ4v) is 1.44. The maximum atomic E-state index is 5.97. The zero-order valence-corrected chi connectivity index (χ0v) is 14.0. The van der Waals surface area contributed by atoms with Gasteiger partial charge in [0.1, 0.15) is 0 Å². The van der Waals surface area contributed by atoms with Gasteiger partial charge in [-0.15, -0.1) is 0 Å². The van der Waals surface area contributed by atoms with E-state index < -0.39 is 0 Å². The van der Waals surface area contributed by atoms with Gasteiger partial charge in [0.2, 0.25) is 0 Å². The Bertz CT molecular complexity index is 369. The molecule has 114 valence electrons. The quantitative estimate of drug-likeness (QED) is 0.641. The van der Waals surface area contributed by atoms with Gasteiger partial charge in [-0.2, -0.15) is 0 Å². The van der Waals surface area contributed by atoms with Crippen molar-refractivity contribution in [2.24, 2.45) is 10.8 Å². The Labute approximate surface area is 124 Å². The first kappa shape index (κ1) is 16.9. The summed E-state index contributed by atoms with van der Waals surface area (Å²) in [4.78, 5) is 0. The SMILES string of the molecule is CCC(C)(C)COc1ccccc1OCC(C)(C)CC. The van der Waals surface area contributed by atoms with E-state index in [0.717, 1.165) is 24.3 Å². The molecule has 0 fully saturated rings. The van der Waals surface area contributed by atoms with Gasteiger partial charge in [0, 0.05) is 0 Å². The Morgan fingerprint density at radius 2 is 1.10 bits per heavy atom. The summed E-state index contributed by atoms with van der Waals surface area (Å²) in [7, 11) is 0. The lowest BCUT2D eigenvalue weighted by atomic mass is 9.91. The third kappa shape index (κ3) is 5.44. The molecule has 0 aliphatic rings. The molecule has 0 saturated heterocycles. The van der Waals surface area contributed by atoms with Crippen LogP contribution in [-0.4, -0.2) is 13.2 Å². The highest BCUT2D eigenvalue weighted by Gasteiger charge is 2.19. The van der Waals surface area contributed by atoms with E-state index in [-0.39, 0.29) is 10.8 Å². The van der Waals surface area contributed by atoms with Crippen LogP contribution in [0, 0.1) is 10.8 Å². The minimum Gasteiger partial charge on any atom is -0.489 e. The van der Waals surface area contributed by atoms with Crippen molar-refractivity contribution >= 4 is 0 Å². The van der Waals surface area contributed by atoms with Crippen LogP contribution < -0.4 is 9.47 Å². The van der Waals surface area contributed by atoms with Crippen molar-refractivity contribution in [2.45, 2.75) is 54.4 Å². The maximum Gasteiger partial charge on any atom is 0.161 e. The number of para-hydroxylation sites is 2. The van der Waals surface area contributed by atoms with Crippen molar-refractivity contribution in [3.05, 3.63) is 24.3 Å². The van der Waals surface area contributed by atoms with Crippen molar-refractivity contribution in [2.75, 3.05) is 13.2 Å². The van der Waals surface area contributed by atoms with Crippen molar-refractivity contribution in [3.8, 4) is 11.5 Å². The number of rotatable bonds is 8. The molecule has 20 heavy (non-hydrogen) atoms. The molecule has 0 saturated carbocycles. The van der Waals surface area contributed by atoms with Gasteiger partial charge in [0.25, 0.3) is 0 Å². The van der Waals surface area contributed by atoms with Gasteiger partial charge in [-0.25, -0.2) is 0 Å². The van der Waals surface area contributed by atoms with Crippen molar-refractivity contribution in [3.63, 3.8) is 0 Å². The molecule has 0 aliphatic carbocycles. The van der Waals surface area contributed by atoms with Crippen LogP contribution in [-0.2, 0) is 0 Å². The summed E-state index contributed by atoms with van der Waals surface area (Å²) >= 11 is 0. The van der Waals surface area contributed by atoms with Crippen LogP contribution in [0.2, 0.25) is 0 Å². The molecule has 0 unspecified atom stereocenters. The molecule has 1 aromatic rings. The van der Waals surface area contributed by atoms with Crippen molar-refractivity contribution in [1.29, 1.82) is 0 Å². The standard InChI is InChI=1S/C18H30O2/c1-7-17(3,4)13-19-15-11-9-10-12-16(15)20-14-18(5,6)8-2/h9-12H,7-8,13-14H2,1-6H3. The fourth-order valence-electron chi connectivity index (χ4n) is 1.44. The summed E-state index contributed by atoms with van der Waals surface area (Å²) in [6.07, 6.45) is 2.19. The highest BCUT2D eigenvalue weighted by molar-refractivity contribution is 5.39. The molecule has 0 spiro atoms. The van der Waals surface area contributed by atoms with Crippen LogP contribution in [0.15, 0.2) is 24.3 Å². The lowest BCUT2D eigenvalue weighted by Crippen LogP contribution is -2.22. The highest BCUT2D eigenvalue weighted by Crippen LogP contribution is 2.31. The largest absolute Gasteiger partial charge is 0.489 e. The van der Waals surface area contributed by atoms with E-state index in [9.17, 15) is 0 Å². The van der Waals surface area contributed by atoms with E-state index in [2.05, 4.69) is 41.5 Å². The van der Waals surface area contributed by atoms with Crippen LogP contribution in [0.3, 0.4) is 0 Å². The molecule has 0 aromatic heterocycles. The predicted molar refractivity (Wildman–Crippen MR) is 85.6 cm³/mol. The number of benzene rings is 1. The van der Waals surface area contributed by atoms with Crippen LogP contribution in [0.4, 0.5) is 0 Å². The van der Waals surface area contributed by atoms with Crippen LogP contribution in [0.25, 0.3) is 0 Å². The minimum absolute atomic E-state index is 0.190. The smallest absolute Gasteiger partial charge is 0.161 e. The first-order chi connectivity index (χ1) is 9.29. The second kappa shape index (κ2) is 7.01. The Morgan fingerprint density at radius 3 is 1.40 bits per heavy atom. The Morgan fingerprint density at radius 1 is 0.750 bits per heavy atom. The summed E-state index contributed by atoms with van der Waals surface area (Å²) in [5.41, 5.74) is 0.381. The van der Waals surface area contributed by atoms with Crippen LogP contribution in [0.1, 0.15) is 54.4 Å². The lowest BCUT2D eigenvalue weighted by Gasteiger charge is -2.25. The van der Waals surface area contributed by atoms with Gasteiger partial charge in [-0.3, -0.25) is 0 Å². The molecule has 0 amide bonds. The average Bonchev–Trinajstić information content (AvgIpc) is 2.44. The number of ether oxygens (including phenoxy) is 2. The Kier molecular flexibility index (Phi) is 5.91. The summed E-state index contributed by atoms with van der Waals surface area (Å²) in [5.74, 6) is 1.70. The van der Waals surface area contributed by atoms with Gasteiger partial charge in [-0.05, 0) is 35.8 Å². The zero-order valence-electron chi connectivity index (χ0n) is 14.0. The normalized spacial score (nSPS) is 12.3. The van der Waals surface area contributed by atoms with Crippen molar-refractivity contribution in [1.82, 2.24) is 0 Å². The first-order valence-corrected chi connectivity index (χ1v) is 7.64. The first-order valence-electron chi connectivity index (χ1n) is 7.64. The molecule has 0 radical (unpaired) electrons. The van der Waals surface area contributed by atoms with Crippen LogP contribution >= 0.6 is 0 Å². The minimum atomic E-state index is 0.190. The third-order valence-corrected chi connectivity index (χ3v) is 4.00. The van der Waals surface area contributed by atoms with E-state index in [1.165, 1.54) is 0 Å². The molecule has 0 atom stereocenters. The lowest BCUT2D eigenvalue weighted by molar-refractivity contribution is 0.148. The van der Waals surface area contributed by atoms with E-state index in [1.54, 1.807) is 0 Å². The van der Waals surface area contributed by atoms with E-state index in [4.69, 9.17) is 9.47 Å². The summed E-state index contributed by atoms with van der Waals surface area (Å²) in [5, 5.41) is 0. The maximum absolute atomic E-state index is 5.97. The van der Waals surface area contributed by atoms with E-state index in [1.807, 2.05) is 24.3 Å². The molecule has 0 heterocycles. The summed E-state index contributed by atoms with van der Waals surface area (Å²) < 4.78 is 11.9. The molecular weight excluding hydrogens is 248 g/mol. The van der Waals surface area contributed by atoms with E-state index in [0.29, 0.717) is 13.2 Å². The second-order valence-corrected chi connectivity index (χ2v) is 7.06. The zero-order chi connectivity index (χ0) is 15.2. The second-order valence-electron chi connectivity index (χ2n) is 7.06. The van der Waals surface area contributed by atoms with E-state index >= 15 is 0 Å². The number of hydrogen-bond acceptors (Lipinski definition) is 2. The van der Waals surface area contributed by atoms with Crippen molar-refractivity contribution < 1.29 is 9.47 Å². The van der Waals surface area contributed by atoms with Gasteiger partial charge in [0.05, 0.1) is 13.2 Å². The number of hydrogen-bond donors (Lipinski definition) is 0. The average molecular weight is 278 g/mol. The fraction of sp³-hybridized carbons (Fsp3) is 0.667. The highest BCUT2D eigenvalue weighted by atomic mass is 16.5. The topological polar surface area (TPSA) is 18.5 Å². The molecule has 2 heteroatoms. The molecule has 2 nitrogen and oxygen atoms in total. The molecule has 1 rings (SSSR count). The van der Waals surface area contributed by atoms with Gasteiger partial charge in [0.15, 0.2) is 11.5 Å². The Balaban J connectivity index is 2.69.